The van der Waals surface area contributed by atoms with E-state index < -0.39 is 11.9 Å². The van der Waals surface area contributed by atoms with Gasteiger partial charge in [-0.15, -0.1) is 0 Å². The third-order valence-electron chi connectivity index (χ3n) is 2.15. The predicted molar refractivity (Wildman–Crippen MR) is 60.8 cm³/mol. The predicted octanol–water partition coefficient (Wildman–Crippen LogP) is 1.18. The van der Waals surface area contributed by atoms with Crippen LogP contribution >= 0.6 is 0 Å². The highest BCUT2D eigenvalue weighted by Crippen LogP contribution is 2.30. The molecule has 0 aliphatic carbocycles. The van der Waals surface area contributed by atoms with Crippen molar-refractivity contribution in [2.75, 3.05) is 31.7 Å². The number of nitrogens with zero attached hydrogens (tertiary/aromatic N) is 2. The third kappa shape index (κ3) is 3.51. The normalized spacial score (nSPS) is 11.2. The number of nitrogens with one attached hydrogen (secondary N) is 1. The third-order valence-corrected chi connectivity index (χ3v) is 2.15. The molecule has 0 fully saturated rings. The summed E-state index contributed by atoms with van der Waals surface area (Å²) in [6.07, 6.45) is -3.64. The lowest BCUT2D eigenvalue weighted by molar-refractivity contribution is -0.141. The lowest BCUT2D eigenvalue weighted by Gasteiger charge is -2.14. The molecule has 0 radical (unpaired) electrons. The number of amides is 1. The van der Waals surface area contributed by atoms with Crippen molar-refractivity contribution in [2.45, 2.75) is 6.18 Å². The van der Waals surface area contributed by atoms with E-state index in [9.17, 15) is 18.0 Å². The number of rotatable bonds is 3. The molecule has 0 aromatic carbocycles. The lowest BCUT2D eigenvalue weighted by Crippen LogP contribution is -2.28. The first-order valence-electron chi connectivity index (χ1n) is 4.98. The quantitative estimate of drug-likeness (QED) is 0.858. The van der Waals surface area contributed by atoms with Crippen LogP contribution in [0.4, 0.5) is 24.5 Å². The van der Waals surface area contributed by atoms with Crippen LogP contribution in [0.5, 0.6) is 0 Å². The van der Waals surface area contributed by atoms with Gasteiger partial charge in [0.2, 0.25) is 5.91 Å². The number of pyridine rings is 1. The fraction of sp³-hybridized carbons (Fsp3) is 0.400. The largest absolute Gasteiger partial charge is 0.433 e. The Hall–Kier alpha value is -1.99. The molecular formula is C10H13F3N4O. The van der Waals surface area contributed by atoms with E-state index in [2.05, 4.69) is 10.3 Å². The van der Waals surface area contributed by atoms with Crippen molar-refractivity contribution in [1.82, 2.24) is 9.88 Å². The Bertz CT molecular complexity index is 445. The topological polar surface area (TPSA) is 71.2 Å². The molecule has 1 amide bonds. The van der Waals surface area contributed by atoms with Gasteiger partial charge in [0, 0.05) is 14.1 Å². The maximum absolute atomic E-state index is 12.4. The zero-order valence-electron chi connectivity index (χ0n) is 9.88. The van der Waals surface area contributed by atoms with Crippen molar-refractivity contribution in [3.8, 4) is 0 Å². The van der Waals surface area contributed by atoms with Gasteiger partial charge < -0.3 is 16.0 Å². The maximum atomic E-state index is 12.4. The Morgan fingerprint density at radius 1 is 1.50 bits per heavy atom. The zero-order chi connectivity index (χ0) is 13.9. The van der Waals surface area contributed by atoms with E-state index in [1.54, 1.807) is 14.1 Å². The smallest absolute Gasteiger partial charge is 0.396 e. The van der Waals surface area contributed by atoms with Crippen molar-refractivity contribution >= 4 is 17.3 Å². The van der Waals surface area contributed by atoms with Crippen LogP contribution in [-0.2, 0) is 11.0 Å². The Labute approximate surface area is 102 Å². The Morgan fingerprint density at radius 2 is 2.11 bits per heavy atom. The van der Waals surface area contributed by atoms with Gasteiger partial charge in [-0.1, -0.05) is 0 Å². The number of hydrogen-bond acceptors (Lipinski definition) is 4. The first-order chi connectivity index (χ1) is 8.21. The van der Waals surface area contributed by atoms with Crippen LogP contribution < -0.4 is 11.1 Å². The number of nitrogen functional groups attached to an aromatic ring is 1. The van der Waals surface area contributed by atoms with Crippen LogP contribution in [0.3, 0.4) is 0 Å². The number of hydrogen-bond donors (Lipinski definition) is 2. The van der Waals surface area contributed by atoms with Crippen molar-refractivity contribution < 1.29 is 18.0 Å². The number of carbonyl (C=O) groups excluding carboxylic acids is 1. The summed E-state index contributed by atoms with van der Waals surface area (Å²) in [7, 11) is 3.09. The molecule has 1 rings (SSSR count). The summed E-state index contributed by atoms with van der Waals surface area (Å²) in [6.45, 7) is -0.140. The van der Waals surface area contributed by atoms with E-state index in [0.29, 0.717) is 0 Å². The molecule has 8 heteroatoms. The molecule has 1 heterocycles. The van der Waals surface area contributed by atoms with Gasteiger partial charge in [0.05, 0.1) is 24.1 Å². The van der Waals surface area contributed by atoms with Gasteiger partial charge in [-0.3, -0.25) is 4.79 Å². The molecule has 0 atom stereocenters. The lowest BCUT2D eigenvalue weighted by atomic mass is 10.2. The molecule has 100 valence electrons. The van der Waals surface area contributed by atoms with Gasteiger partial charge in [-0.2, -0.15) is 13.2 Å². The minimum atomic E-state index is -4.55. The second kappa shape index (κ2) is 5.11. The minimum absolute atomic E-state index is 0.0347. The fourth-order valence-corrected chi connectivity index (χ4v) is 1.10. The average Bonchev–Trinajstić information content (AvgIpc) is 2.25. The molecule has 1 aromatic heterocycles. The number of carbonyl (C=O) groups is 1. The zero-order valence-corrected chi connectivity index (χ0v) is 9.88. The second-order valence-corrected chi connectivity index (χ2v) is 3.80. The number of nitrogens with two attached hydrogens (primary N) is 1. The highest BCUT2D eigenvalue weighted by atomic mass is 19.4. The maximum Gasteiger partial charge on any atom is 0.433 e. The Morgan fingerprint density at radius 3 is 2.61 bits per heavy atom. The van der Waals surface area contributed by atoms with E-state index in [0.717, 1.165) is 12.3 Å². The van der Waals surface area contributed by atoms with E-state index >= 15 is 0 Å². The van der Waals surface area contributed by atoms with Gasteiger partial charge in [0.1, 0.15) is 5.69 Å². The number of likely N-dealkylation sites (N-methyl/N-ethyl adjacent to an activating group) is 1. The van der Waals surface area contributed by atoms with Crippen molar-refractivity contribution in [3.63, 3.8) is 0 Å². The highest BCUT2D eigenvalue weighted by molar-refractivity contribution is 5.81. The summed E-state index contributed by atoms with van der Waals surface area (Å²) >= 11 is 0. The summed E-state index contributed by atoms with van der Waals surface area (Å²) < 4.78 is 37.3. The molecular weight excluding hydrogens is 249 g/mol. The van der Waals surface area contributed by atoms with E-state index in [-0.39, 0.29) is 23.8 Å². The number of anilines is 2. The van der Waals surface area contributed by atoms with Crippen LogP contribution in [-0.4, -0.2) is 36.4 Å². The minimum Gasteiger partial charge on any atom is -0.396 e. The molecule has 0 bridgehead atoms. The molecule has 1 aromatic rings. The van der Waals surface area contributed by atoms with Gasteiger partial charge in [0.25, 0.3) is 0 Å². The summed E-state index contributed by atoms with van der Waals surface area (Å²) in [5.74, 6) is -0.278. The van der Waals surface area contributed by atoms with Gasteiger partial charge in [-0.25, -0.2) is 4.98 Å². The molecule has 0 aliphatic rings. The van der Waals surface area contributed by atoms with Crippen molar-refractivity contribution in [3.05, 3.63) is 18.0 Å². The van der Waals surface area contributed by atoms with Gasteiger partial charge >= 0.3 is 6.18 Å². The first kappa shape index (κ1) is 14.1. The molecule has 18 heavy (non-hydrogen) atoms. The summed E-state index contributed by atoms with van der Waals surface area (Å²) in [6, 6.07) is 0.776. The van der Waals surface area contributed by atoms with Crippen molar-refractivity contribution in [2.24, 2.45) is 0 Å². The van der Waals surface area contributed by atoms with Crippen LogP contribution in [0.25, 0.3) is 0 Å². The van der Waals surface area contributed by atoms with Crippen LogP contribution in [0.1, 0.15) is 5.69 Å². The molecule has 0 saturated carbocycles. The Balaban J connectivity index is 2.85. The standard InChI is InChI=1S/C10H13F3N4O/c1-17(2)9(18)5-15-7-3-8(10(11,12)13)16-4-6(7)14/h3-4H,5,14H2,1-2H3,(H,15,16). The molecule has 0 spiro atoms. The summed E-state index contributed by atoms with van der Waals surface area (Å²) in [5, 5.41) is 2.55. The summed E-state index contributed by atoms with van der Waals surface area (Å²) in [5.41, 5.74) is 4.50. The SMILES string of the molecule is CN(C)C(=O)CNc1cc(C(F)(F)F)ncc1N. The van der Waals surface area contributed by atoms with E-state index in [1.807, 2.05) is 0 Å². The van der Waals surface area contributed by atoms with Crippen LogP contribution in [0.15, 0.2) is 12.3 Å². The molecule has 0 unspecified atom stereocenters. The molecule has 0 saturated heterocycles. The average molecular weight is 262 g/mol. The number of alkyl halides is 3. The second-order valence-electron chi connectivity index (χ2n) is 3.80. The molecule has 0 aliphatic heterocycles. The van der Waals surface area contributed by atoms with E-state index in [4.69, 9.17) is 5.73 Å². The van der Waals surface area contributed by atoms with E-state index in [1.165, 1.54) is 4.90 Å². The van der Waals surface area contributed by atoms with Gasteiger partial charge in [0.15, 0.2) is 0 Å². The first-order valence-corrected chi connectivity index (χ1v) is 4.98. The monoisotopic (exact) mass is 262 g/mol. The summed E-state index contributed by atoms with van der Waals surface area (Å²) in [4.78, 5) is 15.8. The number of aromatic nitrogens is 1. The number of halogens is 3. The highest BCUT2D eigenvalue weighted by Gasteiger charge is 2.32. The van der Waals surface area contributed by atoms with Crippen molar-refractivity contribution in [1.29, 1.82) is 0 Å². The van der Waals surface area contributed by atoms with Crippen LogP contribution in [0.2, 0.25) is 0 Å². The molecule has 3 N–H and O–H groups in total. The fourth-order valence-electron chi connectivity index (χ4n) is 1.10. The van der Waals surface area contributed by atoms with Gasteiger partial charge in [-0.05, 0) is 6.07 Å². The van der Waals surface area contributed by atoms with Crippen LogP contribution in [0, 0.1) is 0 Å². The Kier molecular flexibility index (Phi) is 4.00. The molecule has 5 nitrogen and oxygen atoms in total.